The van der Waals surface area contributed by atoms with Crippen molar-refractivity contribution in [3.05, 3.63) is 3.95 Å². The monoisotopic (exact) mass is 395 g/mol. The van der Waals surface area contributed by atoms with Crippen molar-refractivity contribution in [2.45, 2.75) is 39.4 Å². The highest BCUT2D eigenvalue weighted by molar-refractivity contribution is 7.91. The number of aromatic nitrogens is 2. The van der Waals surface area contributed by atoms with Gasteiger partial charge in [0.15, 0.2) is 20.5 Å². The molecule has 7 nitrogen and oxygen atoms in total. The summed E-state index contributed by atoms with van der Waals surface area (Å²) >= 11 is 6.86. The van der Waals surface area contributed by atoms with E-state index in [-0.39, 0.29) is 11.8 Å². The van der Waals surface area contributed by atoms with Gasteiger partial charge in [-0.15, -0.1) is 5.10 Å². The molecule has 1 aliphatic rings. The van der Waals surface area contributed by atoms with Gasteiger partial charge >= 0.3 is 0 Å². The number of sulfone groups is 1. The second-order valence-electron chi connectivity index (χ2n) is 5.92. The number of quaternary nitrogens is 1. The Balaban J connectivity index is 1.90. The molecule has 10 heteroatoms. The fourth-order valence-electron chi connectivity index (χ4n) is 2.83. The summed E-state index contributed by atoms with van der Waals surface area (Å²) in [5.74, 6) is 0.576. The molecule has 0 spiro atoms. The Morgan fingerprint density at radius 3 is 2.92 bits per heavy atom. The lowest BCUT2D eigenvalue weighted by atomic mass is 10.2. The Kier molecular flexibility index (Phi) is 7.60. The molecule has 1 aliphatic heterocycles. The summed E-state index contributed by atoms with van der Waals surface area (Å²) in [6, 6.07) is 0.145. The van der Waals surface area contributed by atoms with Gasteiger partial charge in [-0.05, 0) is 32.5 Å². The van der Waals surface area contributed by atoms with Gasteiger partial charge in [0, 0.05) is 26.2 Å². The van der Waals surface area contributed by atoms with Crippen molar-refractivity contribution in [1.29, 1.82) is 0 Å². The largest absolute Gasteiger partial charge is 0.382 e. The first-order valence-corrected chi connectivity index (χ1v) is 11.4. The van der Waals surface area contributed by atoms with Gasteiger partial charge in [0.05, 0.1) is 12.3 Å². The van der Waals surface area contributed by atoms with Crippen LogP contribution in [0.1, 0.15) is 26.7 Å². The molecule has 2 atom stereocenters. The zero-order valence-electron chi connectivity index (χ0n) is 14.3. The van der Waals surface area contributed by atoms with Crippen LogP contribution in [-0.2, 0) is 21.2 Å². The third kappa shape index (κ3) is 5.76. The van der Waals surface area contributed by atoms with Gasteiger partial charge in [0.2, 0.25) is 5.13 Å². The molecule has 1 unspecified atom stereocenters. The van der Waals surface area contributed by atoms with E-state index in [4.69, 9.17) is 17.0 Å². The highest BCUT2D eigenvalue weighted by Gasteiger charge is 2.35. The van der Waals surface area contributed by atoms with E-state index in [0.717, 1.165) is 44.3 Å². The van der Waals surface area contributed by atoms with E-state index in [1.807, 2.05) is 11.6 Å². The zero-order valence-corrected chi connectivity index (χ0v) is 16.7. The van der Waals surface area contributed by atoms with Crippen molar-refractivity contribution in [1.82, 2.24) is 9.78 Å². The van der Waals surface area contributed by atoms with Crippen LogP contribution in [0.4, 0.5) is 5.13 Å². The molecule has 2 N–H and O–H groups in total. The molecule has 0 saturated carbocycles. The van der Waals surface area contributed by atoms with Crippen LogP contribution in [0.2, 0.25) is 0 Å². The van der Waals surface area contributed by atoms with Crippen LogP contribution in [0.15, 0.2) is 0 Å². The molecule has 0 aromatic carbocycles. The fraction of sp³-hybridized carbons (Fsp3) is 0.857. The Labute approximate surface area is 152 Å². The lowest BCUT2D eigenvalue weighted by Gasteiger charge is -2.22. The number of nitrogens with one attached hydrogen (secondary N) is 2. The molecule has 0 radical (unpaired) electrons. The van der Waals surface area contributed by atoms with Gasteiger partial charge < -0.3 is 15.0 Å². The Morgan fingerprint density at radius 2 is 2.29 bits per heavy atom. The Morgan fingerprint density at radius 1 is 1.50 bits per heavy atom. The van der Waals surface area contributed by atoms with Gasteiger partial charge in [0.1, 0.15) is 11.8 Å². The van der Waals surface area contributed by atoms with E-state index < -0.39 is 9.84 Å². The quantitative estimate of drug-likeness (QED) is 0.445. The highest BCUT2D eigenvalue weighted by Crippen LogP contribution is 2.14. The molecular weight excluding hydrogens is 368 g/mol. The summed E-state index contributed by atoms with van der Waals surface area (Å²) in [4.78, 5) is 1.22. The number of hydrogen-bond acceptors (Lipinski definition) is 7. The summed E-state index contributed by atoms with van der Waals surface area (Å²) in [6.45, 7) is 7.80. The Hall–Kier alpha value is -0.550. The first kappa shape index (κ1) is 19.8. The number of rotatable bonds is 10. The minimum atomic E-state index is -2.87. The van der Waals surface area contributed by atoms with E-state index in [9.17, 15) is 8.42 Å². The minimum Gasteiger partial charge on any atom is -0.382 e. The molecule has 2 heterocycles. The topological polar surface area (TPSA) is 77.7 Å². The van der Waals surface area contributed by atoms with Crippen molar-refractivity contribution in [2.75, 3.05) is 43.1 Å². The van der Waals surface area contributed by atoms with Gasteiger partial charge in [-0.25, -0.2) is 8.42 Å². The number of anilines is 1. The predicted molar refractivity (Wildman–Crippen MR) is 99.1 cm³/mol. The van der Waals surface area contributed by atoms with Crippen molar-refractivity contribution >= 4 is 38.5 Å². The molecule has 0 amide bonds. The average molecular weight is 396 g/mol. The fourth-order valence-corrected chi connectivity index (χ4v) is 5.69. The maximum absolute atomic E-state index is 11.7. The van der Waals surface area contributed by atoms with Gasteiger partial charge in [-0.2, -0.15) is 4.68 Å². The van der Waals surface area contributed by atoms with Crippen molar-refractivity contribution in [3.63, 3.8) is 0 Å². The first-order valence-electron chi connectivity index (χ1n) is 8.39. The highest BCUT2D eigenvalue weighted by atomic mass is 32.2. The molecule has 1 fully saturated rings. The third-order valence-electron chi connectivity index (χ3n) is 4.17. The summed E-state index contributed by atoms with van der Waals surface area (Å²) in [6.07, 6.45) is 1.65. The van der Waals surface area contributed by atoms with Gasteiger partial charge in [0.25, 0.3) is 0 Å². The van der Waals surface area contributed by atoms with Crippen LogP contribution in [-0.4, -0.2) is 62.0 Å². The summed E-state index contributed by atoms with van der Waals surface area (Å²) in [5, 5.41) is 8.62. The van der Waals surface area contributed by atoms with Gasteiger partial charge in [-0.1, -0.05) is 11.3 Å². The molecule has 24 heavy (non-hydrogen) atoms. The van der Waals surface area contributed by atoms with E-state index in [1.54, 1.807) is 0 Å². The molecule has 2 rings (SSSR count). The summed E-state index contributed by atoms with van der Waals surface area (Å²) in [7, 11) is -2.87. The molecule has 1 saturated heterocycles. The van der Waals surface area contributed by atoms with Crippen LogP contribution in [0.3, 0.4) is 0 Å². The summed E-state index contributed by atoms with van der Waals surface area (Å²) in [5.41, 5.74) is 0. The molecule has 0 bridgehead atoms. The normalized spacial score (nSPS) is 21.0. The standard InChI is InChI=1S/C14H26N4O3S3/c1-3-17(12-6-9-24(19,20)10-12)11-18-14(22)23-13(16-18)15-7-5-8-21-4-2/h12H,3-11H2,1-2H3,(H,15,16)/p+1/t12-/m0/s1. The lowest BCUT2D eigenvalue weighted by molar-refractivity contribution is -0.943. The molecule has 0 aliphatic carbocycles. The van der Waals surface area contributed by atoms with Crippen molar-refractivity contribution in [3.8, 4) is 0 Å². The van der Waals surface area contributed by atoms with Crippen LogP contribution in [0.5, 0.6) is 0 Å². The van der Waals surface area contributed by atoms with Crippen LogP contribution in [0, 0.1) is 3.95 Å². The maximum atomic E-state index is 11.7. The van der Waals surface area contributed by atoms with Crippen LogP contribution in [0.25, 0.3) is 0 Å². The average Bonchev–Trinajstić information content (AvgIpc) is 3.07. The number of ether oxygens (including phenoxy) is 1. The summed E-state index contributed by atoms with van der Waals surface area (Å²) < 4.78 is 31.2. The molecule has 138 valence electrons. The van der Waals surface area contributed by atoms with Gasteiger partial charge in [-0.3, -0.25) is 0 Å². The zero-order chi connectivity index (χ0) is 17.6. The minimum absolute atomic E-state index is 0.145. The number of hydrogen-bond donors (Lipinski definition) is 2. The number of nitrogens with zero attached hydrogens (tertiary/aromatic N) is 2. The molecular formula is C14H27N4O3S3+. The van der Waals surface area contributed by atoms with E-state index in [1.165, 1.54) is 16.2 Å². The SMILES string of the molecule is CCOCCCNc1nn(C[NH+](CC)[C@H]2CCS(=O)(=O)C2)c(=S)s1. The Bertz CT molecular complexity index is 671. The molecule has 1 aromatic rings. The maximum Gasteiger partial charge on any atom is 0.204 e. The second-order valence-corrected chi connectivity index (χ2v) is 9.77. The van der Waals surface area contributed by atoms with E-state index in [0.29, 0.717) is 16.4 Å². The first-order chi connectivity index (χ1) is 11.4. The second kappa shape index (κ2) is 9.23. The van der Waals surface area contributed by atoms with E-state index >= 15 is 0 Å². The molecule has 1 aromatic heterocycles. The van der Waals surface area contributed by atoms with Crippen LogP contribution < -0.4 is 10.2 Å². The van der Waals surface area contributed by atoms with E-state index in [2.05, 4.69) is 17.3 Å². The predicted octanol–water partition coefficient (Wildman–Crippen LogP) is 0.562. The van der Waals surface area contributed by atoms with Crippen molar-refractivity contribution < 1.29 is 18.1 Å². The van der Waals surface area contributed by atoms with Crippen LogP contribution >= 0.6 is 23.6 Å². The third-order valence-corrected chi connectivity index (χ3v) is 7.20. The smallest absolute Gasteiger partial charge is 0.204 e. The lowest BCUT2D eigenvalue weighted by Crippen LogP contribution is -3.15. The van der Waals surface area contributed by atoms with Crippen molar-refractivity contribution in [2.24, 2.45) is 0 Å².